The Kier molecular flexibility index (Phi) is 6.56. The fraction of sp³-hybridized carbons (Fsp3) is 0.0870. The summed E-state index contributed by atoms with van der Waals surface area (Å²) in [5.41, 5.74) is 2.53. The zero-order chi connectivity index (χ0) is 19.9. The zero-order valence-corrected chi connectivity index (χ0v) is 17.3. The van der Waals surface area contributed by atoms with Gasteiger partial charge < -0.3 is 0 Å². The Balaban J connectivity index is 1.58. The standard InChI is InChI=1S/C23H19N3OS2/c27-20(17-10-4-1-5-11-17)16-21-28-22(24-18-12-6-2-7-13-18)26-23(29-21)25-19-14-8-3-9-15-19/h1-15,21H,16H2,(H,24,25,26)/p+1. The van der Waals surface area contributed by atoms with Crippen LogP contribution in [0.1, 0.15) is 16.8 Å². The van der Waals surface area contributed by atoms with Crippen molar-refractivity contribution in [2.24, 2.45) is 9.98 Å². The van der Waals surface area contributed by atoms with Gasteiger partial charge in [-0.3, -0.25) is 4.79 Å². The van der Waals surface area contributed by atoms with E-state index in [9.17, 15) is 4.79 Å². The first kappa shape index (κ1) is 19.6. The van der Waals surface area contributed by atoms with Crippen molar-refractivity contribution >= 4 is 51.0 Å². The summed E-state index contributed by atoms with van der Waals surface area (Å²) in [5, 5.41) is 3.74. The van der Waals surface area contributed by atoms with Gasteiger partial charge in [0, 0.05) is 12.0 Å². The molecule has 1 aliphatic rings. The number of para-hydroxylation sites is 2. The molecule has 0 radical (unpaired) electrons. The molecule has 6 heteroatoms. The van der Waals surface area contributed by atoms with Crippen LogP contribution in [0.15, 0.2) is 101 Å². The number of rotatable bonds is 5. The van der Waals surface area contributed by atoms with Crippen molar-refractivity contribution in [1.82, 2.24) is 0 Å². The molecule has 0 bridgehead atoms. The molecular weight excluding hydrogens is 398 g/mol. The summed E-state index contributed by atoms with van der Waals surface area (Å²) in [6, 6.07) is 29.2. The quantitative estimate of drug-likeness (QED) is 0.593. The van der Waals surface area contributed by atoms with Crippen LogP contribution in [0.3, 0.4) is 0 Å². The number of amidine groups is 2. The van der Waals surface area contributed by atoms with E-state index in [-0.39, 0.29) is 10.4 Å². The van der Waals surface area contributed by atoms with Gasteiger partial charge in [0.1, 0.15) is 0 Å². The van der Waals surface area contributed by atoms with Gasteiger partial charge in [-0.1, -0.05) is 66.7 Å². The van der Waals surface area contributed by atoms with E-state index in [0.29, 0.717) is 6.42 Å². The van der Waals surface area contributed by atoms with Gasteiger partial charge in [0.15, 0.2) is 5.78 Å². The van der Waals surface area contributed by atoms with Crippen molar-refractivity contribution in [3.8, 4) is 0 Å². The molecule has 0 unspecified atom stereocenters. The van der Waals surface area contributed by atoms with Crippen molar-refractivity contribution in [1.29, 1.82) is 0 Å². The van der Waals surface area contributed by atoms with E-state index in [0.717, 1.165) is 27.3 Å². The number of Topliss-reactive ketones (excluding diaryl/α,β-unsaturated/α-hetero) is 1. The fourth-order valence-corrected chi connectivity index (χ4v) is 5.36. The number of carbonyl (C=O) groups excluding carboxylic acids is 1. The van der Waals surface area contributed by atoms with Gasteiger partial charge in [-0.25, -0.2) is 5.32 Å². The minimum absolute atomic E-state index is 0.0256. The van der Waals surface area contributed by atoms with E-state index in [1.165, 1.54) is 0 Å². The number of carbonyl (C=O) groups is 1. The predicted molar refractivity (Wildman–Crippen MR) is 123 cm³/mol. The lowest BCUT2D eigenvalue weighted by Crippen LogP contribution is -2.91. The highest BCUT2D eigenvalue weighted by molar-refractivity contribution is 8.30. The lowest BCUT2D eigenvalue weighted by Gasteiger charge is -2.20. The molecule has 0 atom stereocenters. The third kappa shape index (κ3) is 5.67. The van der Waals surface area contributed by atoms with Crippen LogP contribution in [0.25, 0.3) is 0 Å². The van der Waals surface area contributed by atoms with Gasteiger partial charge in [-0.15, -0.1) is 0 Å². The Morgan fingerprint density at radius 2 is 1.17 bits per heavy atom. The minimum Gasteiger partial charge on any atom is -0.294 e. The summed E-state index contributed by atoms with van der Waals surface area (Å²) in [6.07, 6.45) is 0.425. The monoisotopic (exact) mass is 418 g/mol. The van der Waals surface area contributed by atoms with Crippen LogP contribution in [0.4, 0.5) is 11.4 Å². The third-order valence-electron chi connectivity index (χ3n) is 4.19. The van der Waals surface area contributed by atoms with Gasteiger partial charge in [-0.2, -0.15) is 9.98 Å². The second kappa shape index (κ2) is 9.69. The molecule has 1 aliphatic heterocycles. The Labute approximate surface area is 178 Å². The van der Waals surface area contributed by atoms with E-state index >= 15 is 0 Å². The first-order valence-electron chi connectivity index (χ1n) is 9.30. The zero-order valence-electron chi connectivity index (χ0n) is 15.6. The molecule has 0 amide bonds. The van der Waals surface area contributed by atoms with Crippen LogP contribution in [0.5, 0.6) is 0 Å². The molecule has 3 aromatic rings. The summed E-state index contributed by atoms with van der Waals surface area (Å²) in [5.74, 6) is 0.135. The molecule has 4 nitrogen and oxygen atoms in total. The van der Waals surface area contributed by atoms with Crippen LogP contribution in [0, 0.1) is 0 Å². The van der Waals surface area contributed by atoms with E-state index in [1.54, 1.807) is 23.5 Å². The molecule has 2 N–H and O–H groups in total. The lowest BCUT2D eigenvalue weighted by molar-refractivity contribution is -0.394. The lowest BCUT2D eigenvalue weighted by atomic mass is 10.1. The minimum atomic E-state index is 0.0256. The Morgan fingerprint density at radius 1 is 0.724 bits per heavy atom. The van der Waals surface area contributed by atoms with Crippen molar-refractivity contribution in [3.05, 3.63) is 96.6 Å². The smallest absolute Gasteiger partial charge is 0.268 e. The van der Waals surface area contributed by atoms with Gasteiger partial charge in [0.2, 0.25) is 0 Å². The molecule has 3 aromatic carbocycles. The van der Waals surface area contributed by atoms with Gasteiger partial charge in [0.25, 0.3) is 10.3 Å². The molecule has 1 saturated heterocycles. The largest absolute Gasteiger partial charge is 0.294 e. The number of hydrogen-bond acceptors (Lipinski definition) is 5. The number of nitrogens with zero attached hydrogens (tertiary/aromatic N) is 2. The van der Waals surface area contributed by atoms with Crippen molar-refractivity contribution in [3.63, 3.8) is 0 Å². The number of nitrogens with two attached hydrogens (primary N) is 1. The van der Waals surface area contributed by atoms with Crippen molar-refractivity contribution < 1.29 is 10.1 Å². The van der Waals surface area contributed by atoms with E-state index in [1.807, 2.05) is 96.3 Å². The summed E-state index contributed by atoms with van der Waals surface area (Å²) >= 11 is 3.24. The molecule has 0 spiro atoms. The van der Waals surface area contributed by atoms with Crippen LogP contribution in [0.2, 0.25) is 0 Å². The molecule has 0 aliphatic carbocycles. The van der Waals surface area contributed by atoms with Gasteiger partial charge in [-0.05, 0) is 47.8 Å². The summed E-state index contributed by atoms with van der Waals surface area (Å²) < 4.78 is 0.0256. The topological polar surface area (TPSA) is 58.4 Å². The maximum Gasteiger partial charge on any atom is 0.268 e. The Hall–Kier alpha value is -2.67. The van der Waals surface area contributed by atoms with Crippen LogP contribution < -0.4 is 5.32 Å². The average molecular weight is 419 g/mol. The normalized spacial score (nSPS) is 19.4. The predicted octanol–water partition coefficient (Wildman–Crippen LogP) is 5.00. The first-order valence-corrected chi connectivity index (χ1v) is 11.1. The average Bonchev–Trinajstić information content (AvgIpc) is 2.76. The number of ketones is 1. The number of hydrogen-bond donors (Lipinski definition) is 1. The van der Waals surface area contributed by atoms with Crippen LogP contribution >= 0.6 is 23.5 Å². The maximum absolute atomic E-state index is 12.7. The highest BCUT2D eigenvalue weighted by atomic mass is 32.2. The number of quaternary nitrogens is 1. The Bertz CT molecular complexity index is 964. The number of thioether (sulfide) groups is 2. The Morgan fingerprint density at radius 3 is 1.66 bits per heavy atom. The number of aliphatic imine (C=N–C) groups is 2. The molecule has 0 saturated carbocycles. The molecular formula is C23H20N3OS2+. The SMILES string of the molecule is O=C(CC1SC(=Nc2ccccc2)[NH2+]C(=Nc2ccccc2)S1)c1ccccc1. The maximum atomic E-state index is 12.7. The van der Waals surface area contributed by atoms with Crippen molar-refractivity contribution in [2.75, 3.05) is 0 Å². The summed E-state index contributed by atoms with van der Waals surface area (Å²) in [6.45, 7) is 0. The molecule has 144 valence electrons. The summed E-state index contributed by atoms with van der Waals surface area (Å²) in [7, 11) is 0. The molecule has 29 heavy (non-hydrogen) atoms. The molecule has 1 heterocycles. The highest BCUT2D eigenvalue weighted by Crippen LogP contribution is 2.32. The van der Waals surface area contributed by atoms with Gasteiger partial charge >= 0.3 is 0 Å². The first-order chi connectivity index (χ1) is 14.3. The molecule has 0 aromatic heterocycles. The number of benzene rings is 3. The van der Waals surface area contributed by atoms with E-state index in [2.05, 4.69) is 0 Å². The van der Waals surface area contributed by atoms with Crippen LogP contribution in [-0.4, -0.2) is 20.7 Å². The fourth-order valence-electron chi connectivity index (χ4n) is 2.82. The second-order valence-electron chi connectivity index (χ2n) is 6.37. The van der Waals surface area contributed by atoms with Gasteiger partial charge in [0.05, 0.1) is 16.0 Å². The van der Waals surface area contributed by atoms with Crippen molar-refractivity contribution in [2.45, 2.75) is 11.0 Å². The molecule has 4 rings (SSSR count). The van der Waals surface area contributed by atoms with E-state index < -0.39 is 0 Å². The third-order valence-corrected chi connectivity index (χ3v) is 6.53. The van der Waals surface area contributed by atoms with E-state index in [4.69, 9.17) is 9.98 Å². The highest BCUT2D eigenvalue weighted by Gasteiger charge is 2.31. The second-order valence-corrected chi connectivity index (χ2v) is 9.12. The van der Waals surface area contributed by atoms with Crippen LogP contribution in [-0.2, 0) is 0 Å². The summed E-state index contributed by atoms with van der Waals surface area (Å²) in [4.78, 5) is 22.2. The molecule has 1 fully saturated rings.